The Hall–Kier alpha value is -2.17. The molecule has 3 rings (SSSR count). The van der Waals surface area contributed by atoms with Crippen molar-refractivity contribution >= 4 is 12.0 Å². The van der Waals surface area contributed by atoms with E-state index in [1.54, 1.807) is 0 Å². The number of phenolic OH excluding ortho intramolecular Hbond substituents is 1. The van der Waals surface area contributed by atoms with E-state index in [4.69, 9.17) is 18.9 Å². The van der Waals surface area contributed by atoms with Crippen molar-refractivity contribution in [1.82, 2.24) is 0 Å². The van der Waals surface area contributed by atoms with Gasteiger partial charge in [0.05, 0.1) is 13.2 Å². The lowest BCUT2D eigenvalue weighted by Crippen LogP contribution is -2.65. The summed E-state index contributed by atoms with van der Waals surface area (Å²) in [7, 11) is 0. The van der Waals surface area contributed by atoms with Gasteiger partial charge in [0, 0.05) is 6.08 Å². The third-order valence-electron chi connectivity index (χ3n) is 5.51. The van der Waals surface area contributed by atoms with E-state index in [1.807, 2.05) is 0 Å². The van der Waals surface area contributed by atoms with Gasteiger partial charge in [-0.1, -0.05) is 12.1 Å². The molecule has 0 spiro atoms. The monoisotopic (exact) mass is 488 g/mol. The Morgan fingerprint density at radius 1 is 0.853 bits per heavy atom. The van der Waals surface area contributed by atoms with Gasteiger partial charge in [-0.2, -0.15) is 0 Å². The molecule has 0 bridgehead atoms. The van der Waals surface area contributed by atoms with E-state index in [1.165, 1.54) is 30.3 Å². The highest BCUT2D eigenvalue weighted by molar-refractivity contribution is 5.87. The second kappa shape index (κ2) is 11.5. The molecule has 13 heteroatoms. The topological polar surface area (TPSA) is 216 Å². The quantitative estimate of drug-likeness (QED) is 0.139. The summed E-state index contributed by atoms with van der Waals surface area (Å²) in [6.45, 7) is -1.48. The maximum atomic E-state index is 12.4. The molecule has 0 saturated carbocycles. The van der Waals surface area contributed by atoms with Crippen LogP contribution in [0.15, 0.2) is 30.3 Å². The first kappa shape index (κ1) is 26.4. The molecule has 0 aromatic heterocycles. The smallest absolute Gasteiger partial charge is 0.331 e. The molecule has 10 atom stereocenters. The minimum absolute atomic E-state index is 0.0330. The molecule has 0 amide bonds. The van der Waals surface area contributed by atoms with Gasteiger partial charge in [-0.15, -0.1) is 0 Å². The number of hydrogen-bond acceptors (Lipinski definition) is 13. The standard InChI is InChI=1S/C21H28O13/c22-7-11-14(26)15(27)16(28)21(32-11)34-19-17(29)20(30)31-12(8-23)18(19)33-13(25)6-3-9-1-4-10(24)5-2-9/h1-6,11-12,14-24,26-30H,7-8H2/b6-3+/t11-,12-,14-,15+,16-,17-,18-,19-,20-,21+/m1/s1. The van der Waals surface area contributed by atoms with Crippen molar-refractivity contribution in [3.05, 3.63) is 35.9 Å². The highest BCUT2D eigenvalue weighted by Crippen LogP contribution is 2.30. The number of phenols is 1. The number of carbonyl (C=O) groups excluding carboxylic acids is 1. The normalized spacial score (nSPS) is 38.7. The number of rotatable bonds is 7. The number of carbonyl (C=O) groups is 1. The van der Waals surface area contributed by atoms with Gasteiger partial charge in [-0.25, -0.2) is 4.79 Å². The van der Waals surface area contributed by atoms with Crippen LogP contribution < -0.4 is 0 Å². The minimum Gasteiger partial charge on any atom is -0.508 e. The predicted molar refractivity (Wildman–Crippen MR) is 110 cm³/mol. The Balaban J connectivity index is 1.78. The van der Waals surface area contributed by atoms with Crippen LogP contribution in [0.25, 0.3) is 6.08 Å². The van der Waals surface area contributed by atoms with Gasteiger partial charge in [0.15, 0.2) is 18.7 Å². The van der Waals surface area contributed by atoms with Crippen LogP contribution in [0.4, 0.5) is 0 Å². The van der Waals surface area contributed by atoms with Crippen molar-refractivity contribution in [1.29, 1.82) is 0 Å². The lowest BCUT2D eigenvalue weighted by atomic mass is 9.97. The first-order valence-corrected chi connectivity index (χ1v) is 10.4. The zero-order chi connectivity index (χ0) is 25.0. The van der Waals surface area contributed by atoms with Gasteiger partial charge in [0.2, 0.25) is 0 Å². The lowest BCUT2D eigenvalue weighted by molar-refractivity contribution is -0.356. The van der Waals surface area contributed by atoms with Crippen LogP contribution in [0.1, 0.15) is 5.56 Å². The Morgan fingerprint density at radius 3 is 2.12 bits per heavy atom. The number of esters is 1. The maximum Gasteiger partial charge on any atom is 0.331 e. The van der Waals surface area contributed by atoms with Crippen LogP contribution in [0.2, 0.25) is 0 Å². The molecule has 34 heavy (non-hydrogen) atoms. The maximum absolute atomic E-state index is 12.4. The number of aromatic hydroxyl groups is 1. The van der Waals surface area contributed by atoms with Crippen LogP contribution >= 0.6 is 0 Å². The molecule has 2 aliphatic heterocycles. The fourth-order valence-electron chi connectivity index (χ4n) is 3.61. The molecule has 13 nitrogen and oxygen atoms in total. The first-order valence-electron chi connectivity index (χ1n) is 10.4. The molecule has 0 unspecified atom stereocenters. The minimum atomic E-state index is -1.87. The molecule has 190 valence electrons. The number of benzene rings is 1. The summed E-state index contributed by atoms with van der Waals surface area (Å²) in [5.74, 6) is -0.906. The van der Waals surface area contributed by atoms with Crippen LogP contribution in [-0.4, -0.2) is 121 Å². The molecule has 2 aliphatic rings. The van der Waals surface area contributed by atoms with Gasteiger partial charge >= 0.3 is 5.97 Å². The molecule has 1 aromatic rings. The molecular formula is C21H28O13. The highest BCUT2D eigenvalue weighted by Gasteiger charge is 2.52. The molecule has 2 fully saturated rings. The summed E-state index contributed by atoms with van der Waals surface area (Å²) in [4.78, 5) is 12.4. The molecule has 0 aliphatic carbocycles. The van der Waals surface area contributed by atoms with E-state index in [0.29, 0.717) is 5.56 Å². The Bertz CT molecular complexity index is 828. The van der Waals surface area contributed by atoms with Gasteiger partial charge in [0.25, 0.3) is 0 Å². The van der Waals surface area contributed by atoms with Crippen molar-refractivity contribution in [3.8, 4) is 5.75 Å². The van der Waals surface area contributed by atoms with Crippen LogP contribution in [0.3, 0.4) is 0 Å². The van der Waals surface area contributed by atoms with Gasteiger partial charge in [-0.05, 0) is 23.8 Å². The van der Waals surface area contributed by atoms with Gasteiger partial charge in [0.1, 0.15) is 48.5 Å². The van der Waals surface area contributed by atoms with Crippen molar-refractivity contribution in [3.63, 3.8) is 0 Å². The average molecular weight is 488 g/mol. The lowest BCUT2D eigenvalue weighted by Gasteiger charge is -2.45. The van der Waals surface area contributed by atoms with Crippen molar-refractivity contribution < 1.29 is 64.6 Å². The molecule has 0 radical (unpaired) electrons. The third-order valence-corrected chi connectivity index (χ3v) is 5.51. The summed E-state index contributed by atoms with van der Waals surface area (Å²) >= 11 is 0. The van der Waals surface area contributed by atoms with Crippen LogP contribution in [0, 0.1) is 0 Å². The number of aliphatic hydroxyl groups excluding tert-OH is 7. The first-order chi connectivity index (χ1) is 16.2. The Labute approximate surface area is 193 Å². The Kier molecular flexibility index (Phi) is 8.95. The Morgan fingerprint density at radius 2 is 1.50 bits per heavy atom. The predicted octanol–water partition coefficient (Wildman–Crippen LogP) is -3.43. The average Bonchev–Trinajstić information content (AvgIpc) is 2.83. The largest absolute Gasteiger partial charge is 0.508 e. The molecule has 1 aromatic carbocycles. The fourth-order valence-corrected chi connectivity index (χ4v) is 3.61. The van der Waals surface area contributed by atoms with E-state index >= 15 is 0 Å². The van der Waals surface area contributed by atoms with Crippen molar-refractivity contribution in [2.45, 2.75) is 61.4 Å². The van der Waals surface area contributed by atoms with E-state index in [0.717, 1.165) is 6.08 Å². The molecule has 2 saturated heterocycles. The summed E-state index contributed by atoms with van der Waals surface area (Å²) in [5, 5.41) is 78.8. The zero-order valence-corrected chi connectivity index (χ0v) is 17.8. The van der Waals surface area contributed by atoms with E-state index in [2.05, 4.69) is 0 Å². The van der Waals surface area contributed by atoms with Crippen LogP contribution in [0.5, 0.6) is 5.75 Å². The second-order valence-electron chi connectivity index (χ2n) is 7.86. The molecular weight excluding hydrogens is 460 g/mol. The van der Waals surface area contributed by atoms with Gasteiger partial charge < -0.3 is 59.8 Å². The van der Waals surface area contributed by atoms with Crippen molar-refractivity contribution in [2.75, 3.05) is 13.2 Å². The third kappa shape index (κ3) is 5.90. The summed E-state index contributed by atoms with van der Waals surface area (Å²) < 4.78 is 21.1. The second-order valence-corrected chi connectivity index (χ2v) is 7.86. The highest BCUT2D eigenvalue weighted by atomic mass is 16.7. The fraction of sp³-hybridized carbons (Fsp3) is 0.571. The van der Waals surface area contributed by atoms with E-state index in [9.17, 15) is 45.6 Å². The SMILES string of the molecule is O=C(/C=C/c1ccc(O)cc1)O[C@H]1[C@H](O[C@@H]2O[C@H](CO)[C@@H](O)[C@H](O)[C@H]2O)[C@@H](O)[C@H](O)O[C@@H]1CO. The van der Waals surface area contributed by atoms with Crippen LogP contribution in [-0.2, 0) is 23.7 Å². The number of ether oxygens (including phenoxy) is 4. The molecule has 2 heterocycles. The van der Waals surface area contributed by atoms with E-state index in [-0.39, 0.29) is 5.75 Å². The summed E-state index contributed by atoms with van der Waals surface area (Å²) in [5.41, 5.74) is 0.554. The zero-order valence-electron chi connectivity index (χ0n) is 17.8. The van der Waals surface area contributed by atoms with Crippen molar-refractivity contribution in [2.24, 2.45) is 0 Å². The molecule has 8 N–H and O–H groups in total. The van der Waals surface area contributed by atoms with E-state index < -0.39 is 80.6 Å². The summed E-state index contributed by atoms with van der Waals surface area (Å²) in [6, 6.07) is 5.88. The number of hydrogen-bond donors (Lipinski definition) is 8. The number of aliphatic hydroxyl groups is 7. The van der Waals surface area contributed by atoms with Gasteiger partial charge in [-0.3, -0.25) is 0 Å². The summed E-state index contributed by atoms with van der Waals surface area (Å²) in [6.07, 6.45) is -14.1.